The Kier molecular flexibility index (Phi) is 3.12. The van der Waals surface area contributed by atoms with E-state index in [1.165, 1.54) is 0 Å². The van der Waals surface area contributed by atoms with E-state index < -0.39 is 0 Å². The summed E-state index contributed by atoms with van der Waals surface area (Å²) >= 11 is 0. The van der Waals surface area contributed by atoms with Gasteiger partial charge in [-0.1, -0.05) is 55.1 Å². The minimum Gasteiger partial charge on any atom is -0.238 e. The van der Waals surface area contributed by atoms with Gasteiger partial charge in [-0.05, 0) is 23.3 Å². The van der Waals surface area contributed by atoms with Crippen molar-refractivity contribution in [3.63, 3.8) is 0 Å². The van der Waals surface area contributed by atoms with Crippen molar-refractivity contribution < 1.29 is 4.84 Å². The first-order chi connectivity index (χ1) is 9.36. The number of rotatable bonds is 3. The predicted molar refractivity (Wildman–Crippen MR) is 77.8 cm³/mol. The summed E-state index contributed by atoms with van der Waals surface area (Å²) in [7, 11) is 0. The van der Waals surface area contributed by atoms with E-state index in [1.807, 2.05) is 60.7 Å². The zero-order valence-corrected chi connectivity index (χ0v) is 10.4. The zero-order chi connectivity index (χ0) is 13.1. The molecule has 94 valence electrons. The highest BCUT2D eigenvalue weighted by Crippen LogP contribution is 2.26. The number of para-hydroxylation sites is 1. The molecular weight excluding hydrogens is 236 g/mol. The lowest BCUT2D eigenvalue weighted by Gasteiger charge is -2.15. The quantitative estimate of drug-likeness (QED) is 0.827. The molecule has 19 heavy (non-hydrogen) atoms. The summed E-state index contributed by atoms with van der Waals surface area (Å²) in [6, 6.07) is 17.9. The molecule has 3 heteroatoms. The van der Waals surface area contributed by atoms with E-state index in [0.717, 1.165) is 16.8 Å². The lowest BCUT2D eigenvalue weighted by atomic mass is 10.1. The minimum atomic E-state index is -0.140. The van der Waals surface area contributed by atoms with Gasteiger partial charge in [0.2, 0.25) is 0 Å². The van der Waals surface area contributed by atoms with E-state index in [2.05, 4.69) is 11.7 Å². The van der Waals surface area contributed by atoms with Crippen LogP contribution < -0.4 is 5.17 Å². The first-order valence-corrected chi connectivity index (χ1v) is 6.15. The maximum Gasteiger partial charge on any atom is 0.150 e. The molecule has 0 aliphatic carbocycles. The highest BCUT2D eigenvalue weighted by atomic mass is 16.7. The van der Waals surface area contributed by atoms with E-state index in [-0.39, 0.29) is 6.10 Å². The molecular formula is C16H14N2O. The molecule has 1 unspecified atom stereocenters. The van der Waals surface area contributed by atoms with E-state index >= 15 is 0 Å². The molecule has 0 N–H and O–H groups in total. The topological polar surface area (TPSA) is 24.8 Å². The molecule has 0 saturated carbocycles. The van der Waals surface area contributed by atoms with Gasteiger partial charge in [0, 0.05) is 0 Å². The molecule has 1 aliphatic heterocycles. The third-order valence-electron chi connectivity index (χ3n) is 3.00. The monoisotopic (exact) mass is 250 g/mol. The van der Waals surface area contributed by atoms with E-state index in [4.69, 9.17) is 4.84 Å². The molecule has 0 aromatic heterocycles. The normalized spacial score (nSPS) is 17.7. The molecule has 1 aliphatic rings. The predicted octanol–water partition coefficient (Wildman–Crippen LogP) is 3.81. The molecule has 3 nitrogen and oxygen atoms in total. The van der Waals surface area contributed by atoms with Crippen LogP contribution in [0, 0.1) is 0 Å². The van der Waals surface area contributed by atoms with Gasteiger partial charge in [0.1, 0.15) is 6.10 Å². The van der Waals surface area contributed by atoms with Crippen molar-refractivity contribution >= 4 is 18.0 Å². The van der Waals surface area contributed by atoms with Gasteiger partial charge in [0.25, 0.3) is 0 Å². The summed E-state index contributed by atoms with van der Waals surface area (Å²) in [6.07, 6.45) is 3.48. The molecule has 0 amide bonds. The standard InChI is InChI=1S/C16H14N2O/c1-2-13-8-10-14(11-9-13)16-12-17-18(19-16)15-6-4-3-5-7-15/h2-12,16H,1H2. The van der Waals surface area contributed by atoms with Gasteiger partial charge >= 0.3 is 0 Å². The Balaban J connectivity index is 1.75. The van der Waals surface area contributed by atoms with Crippen molar-refractivity contribution in [2.24, 2.45) is 5.10 Å². The fourth-order valence-corrected chi connectivity index (χ4v) is 1.93. The third kappa shape index (κ3) is 2.41. The van der Waals surface area contributed by atoms with Crippen LogP contribution in [0.3, 0.4) is 0 Å². The molecule has 1 atom stereocenters. The van der Waals surface area contributed by atoms with Crippen LogP contribution in [0.5, 0.6) is 0 Å². The Morgan fingerprint density at radius 1 is 1.05 bits per heavy atom. The maximum absolute atomic E-state index is 5.79. The van der Waals surface area contributed by atoms with Crippen molar-refractivity contribution in [2.75, 3.05) is 5.17 Å². The van der Waals surface area contributed by atoms with E-state index in [0.29, 0.717) is 0 Å². The van der Waals surface area contributed by atoms with Crippen LogP contribution in [0.1, 0.15) is 17.2 Å². The number of hydrogen-bond donors (Lipinski definition) is 0. The van der Waals surface area contributed by atoms with Crippen molar-refractivity contribution in [2.45, 2.75) is 6.10 Å². The van der Waals surface area contributed by atoms with Gasteiger partial charge in [-0.2, -0.15) is 5.10 Å². The van der Waals surface area contributed by atoms with E-state index in [9.17, 15) is 0 Å². The first kappa shape index (κ1) is 11.7. The summed E-state index contributed by atoms with van der Waals surface area (Å²) < 4.78 is 0. The smallest absolute Gasteiger partial charge is 0.150 e. The molecule has 2 aromatic rings. The molecule has 0 bridgehead atoms. The zero-order valence-electron chi connectivity index (χ0n) is 10.4. The van der Waals surface area contributed by atoms with Gasteiger partial charge in [-0.15, -0.1) is 5.17 Å². The second-order valence-electron chi connectivity index (χ2n) is 4.27. The SMILES string of the molecule is C=Cc1ccc(C2C=NN(c3ccccc3)O2)cc1. The highest BCUT2D eigenvalue weighted by Gasteiger charge is 2.21. The van der Waals surface area contributed by atoms with Crippen LogP contribution in [0.2, 0.25) is 0 Å². The van der Waals surface area contributed by atoms with E-state index in [1.54, 1.807) is 11.4 Å². The van der Waals surface area contributed by atoms with Crippen LogP contribution in [-0.4, -0.2) is 6.21 Å². The van der Waals surface area contributed by atoms with Gasteiger partial charge in [0.15, 0.2) is 0 Å². The number of hydrogen-bond acceptors (Lipinski definition) is 3. The Hall–Kier alpha value is -2.39. The minimum absolute atomic E-state index is 0.140. The van der Waals surface area contributed by atoms with Crippen molar-refractivity contribution in [1.29, 1.82) is 0 Å². The van der Waals surface area contributed by atoms with Crippen molar-refractivity contribution in [3.8, 4) is 0 Å². The largest absolute Gasteiger partial charge is 0.238 e. The highest BCUT2D eigenvalue weighted by molar-refractivity contribution is 5.70. The molecule has 0 spiro atoms. The second kappa shape index (κ2) is 5.08. The van der Waals surface area contributed by atoms with Crippen LogP contribution >= 0.6 is 0 Å². The molecule has 0 saturated heterocycles. The van der Waals surface area contributed by atoms with Gasteiger partial charge in [-0.3, -0.25) is 0 Å². The average molecular weight is 250 g/mol. The molecule has 1 heterocycles. The molecule has 0 fully saturated rings. The Bertz CT molecular complexity index is 590. The molecule has 3 rings (SSSR count). The lowest BCUT2D eigenvalue weighted by Crippen LogP contribution is -2.13. The van der Waals surface area contributed by atoms with Gasteiger partial charge in [-0.25, -0.2) is 4.84 Å². The first-order valence-electron chi connectivity index (χ1n) is 6.15. The Morgan fingerprint density at radius 3 is 2.47 bits per heavy atom. The fraction of sp³-hybridized carbons (Fsp3) is 0.0625. The summed E-state index contributed by atoms with van der Waals surface area (Å²) in [5.41, 5.74) is 3.09. The summed E-state index contributed by atoms with van der Waals surface area (Å²) in [4.78, 5) is 5.79. The molecule has 2 aromatic carbocycles. The third-order valence-corrected chi connectivity index (χ3v) is 3.00. The number of nitrogens with zero attached hydrogens (tertiary/aromatic N) is 2. The lowest BCUT2D eigenvalue weighted by molar-refractivity contribution is 0.0985. The van der Waals surface area contributed by atoms with Crippen molar-refractivity contribution in [3.05, 3.63) is 72.3 Å². The van der Waals surface area contributed by atoms with Gasteiger partial charge in [0.05, 0.1) is 11.9 Å². The van der Waals surface area contributed by atoms with Crippen LogP contribution in [-0.2, 0) is 4.84 Å². The number of benzene rings is 2. The summed E-state index contributed by atoms with van der Waals surface area (Å²) in [6.45, 7) is 3.74. The Morgan fingerprint density at radius 2 is 1.79 bits per heavy atom. The van der Waals surface area contributed by atoms with Crippen molar-refractivity contribution in [1.82, 2.24) is 0 Å². The Labute approximate surface area is 112 Å². The summed E-state index contributed by atoms with van der Waals surface area (Å²) in [5.74, 6) is 0. The second-order valence-corrected chi connectivity index (χ2v) is 4.27. The van der Waals surface area contributed by atoms with Crippen LogP contribution in [0.15, 0.2) is 66.3 Å². The summed E-state index contributed by atoms with van der Waals surface area (Å²) in [5, 5.41) is 5.82. The van der Waals surface area contributed by atoms with Gasteiger partial charge < -0.3 is 0 Å². The maximum atomic E-state index is 5.79. The molecule has 0 radical (unpaired) electrons. The number of hydrazone groups is 1. The average Bonchev–Trinajstić information content (AvgIpc) is 2.98. The van der Waals surface area contributed by atoms with Crippen LogP contribution in [0.4, 0.5) is 5.69 Å². The number of anilines is 1. The fourth-order valence-electron chi connectivity index (χ4n) is 1.93. The van der Waals surface area contributed by atoms with Crippen LogP contribution in [0.25, 0.3) is 6.08 Å².